The first-order valence-electron chi connectivity index (χ1n) is 5.81. The highest BCUT2D eigenvalue weighted by atomic mass is 19.4. The number of benzene rings is 2. The smallest absolute Gasteiger partial charge is 0.397 e. The van der Waals surface area contributed by atoms with E-state index in [2.05, 4.69) is 5.32 Å². The first-order chi connectivity index (χ1) is 9.36. The Bertz CT molecular complexity index is 591. The summed E-state index contributed by atoms with van der Waals surface area (Å²) < 4.78 is 50.2. The molecule has 6 heteroatoms. The van der Waals surface area contributed by atoms with Crippen LogP contribution in [0.5, 0.6) is 0 Å². The SMILES string of the molecule is Nc1cc(C(F)(F)F)ccc1NCc1ccc(F)cc1. The van der Waals surface area contributed by atoms with Gasteiger partial charge in [0.1, 0.15) is 5.82 Å². The molecule has 0 aliphatic rings. The van der Waals surface area contributed by atoms with Gasteiger partial charge in [-0.25, -0.2) is 4.39 Å². The molecule has 0 amide bonds. The summed E-state index contributed by atoms with van der Waals surface area (Å²) in [6.07, 6.45) is -4.41. The van der Waals surface area contributed by atoms with Crippen LogP contribution in [-0.2, 0) is 12.7 Å². The van der Waals surface area contributed by atoms with Crippen LogP contribution in [0.15, 0.2) is 42.5 Å². The van der Waals surface area contributed by atoms with Gasteiger partial charge in [-0.1, -0.05) is 12.1 Å². The summed E-state index contributed by atoms with van der Waals surface area (Å²) in [4.78, 5) is 0. The number of nitrogens with one attached hydrogen (secondary N) is 1. The van der Waals surface area contributed by atoms with Crippen molar-refractivity contribution in [2.75, 3.05) is 11.1 Å². The van der Waals surface area contributed by atoms with Gasteiger partial charge < -0.3 is 11.1 Å². The Balaban J connectivity index is 2.08. The number of nitrogens with two attached hydrogens (primary N) is 1. The monoisotopic (exact) mass is 284 g/mol. The van der Waals surface area contributed by atoms with E-state index in [0.29, 0.717) is 12.2 Å². The van der Waals surface area contributed by atoms with E-state index in [1.54, 1.807) is 12.1 Å². The summed E-state index contributed by atoms with van der Waals surface area (Å²) in [5.74, 6) is -0.345. The van der Waals surface area contributed by atoms with Gasteiger partial charge in [-0.15, -0.1) is 0 Å². The van der Waals surface area contributed by atoms with Crippen molar-refractivity contribution in [2.24, 2.45) is 0 Å². The molecule has 0 saturated heterocycles. The number of hydrogen-bond donors (Lipinski definition) is 2. The maximum Gasteiger partial charge on any atom is 0.416 e. The molecule has 0 aliphatic carbocycles. The van der Waals surface area contributed by atoms with Crippen molar-refractivity contribution >= 4 is 11.4 Å². The first kappa shape index (κ1) is 14.2. The summed E-state index contributed by atoms with van der Waals surface area (Å²) >= 11 is 0. The number of nitrogen functional groups attached to an aromatic ring is 1. The van der Waals surface area contributed by atoms with E-state index in [1.807, 2.05) is 0 Å². The second-order valence-corrected chi connectivity index (χ2v) is 4.28. The van der Waals surface area contributed by atoms with Crippen molar-refractivity contribution in [3.05, 3.63) is 59.4 Å². The van der Waals surface area contributed by atoms with Crippen LogP contribution >= 0.6 is 0 Å². The van der Waals surface area contributed by atoms with Crippen LogP contribution in [0.2, 0.25) is 0 Å². The fraction of sp³-hybridized carbons (Fsp3) is 0.143. The molecule has 2 aromatic carbocycles. The quantitative estimate of drug-likeness (QED) is 0.659. The van der Waals surface area contributed by atoms with Gasteiger partial charge in [0.05, 0.1) is 16.9 Å². The van der Waals surface area contributed by atoms with E-state index in [4.69, 9.17) is 5.73 Å². The van der Waals surface area contributed by atoms with E-state index < -0.39 is 11.7 Å². The van der Waals surface area contributed by atoms with E-state index in [0.717, 1.165) is 17.7 Å². The molecule has 0 aliphatic heterocycles. The number of anilines is 2. The molecule has 0 aromatic heterocycles. The van der Waals surface area contributed by atoms with Crippen molar-refractivity contribution < 1.29 is 17.6 Å². The molecule has 2 rings (SSSR count). The van der Waals surface area contributed by atoms with Crippen molar-refractivity contribution in [1.29, 1.82) is 0 Å². The molecule has 0 spiro atoms. The topological polar surface area (TPSA) is 38.0 Å². The third kappa shape index (κ3) is 3.40. The normalized spacial score (nSPS) is 11.4. The largest absolute Gasteiger partial charge is 0.416 e. The molecule has 3 N–H and O–H groups in total. The van der Waals surface area contributed by atoms with Gasteiger partial charge in [0.15, 0.2) is 0 Å². The maximum atomic E-state index is 12.7. The van der Waals surface area contributed by atoms with E-state index in [9.17, 15) is 17.6 Å². The molecule has 106 valence electrons. The second-order valence-electron chi connectivity index (χ2n) is 4.28. The Morgan fingerprint density at radius 3 is 2.20 bits per heavy atom. The van der Waals surface area contributed by atoms with Crippen LogP contribution in [0.1, 0.15) is 11.1 Å². The molecular weight excluding hydrogens is 272 g/mol. The summed E-state index contributed by atoms with van der Waals surface area (Å²) in [5, 5.41) is 2.91. The predicted molar refractivity (Wildman–Crippen MR) is 69.6 cm³/mol. The standard InChI is InChI=1S/C14H12F4N2/c15-11-4-1-9(2-5-11)8-20-13-6-3-10(7-12(13)19)14(16,17)18/h1-7,20H,8,19H2. The van der Waals surface area contributed by atoms with E-state index >= 15 is 0 Å². The zero-order valence-corrected chi connectivity index (χ0v) is 10.3. The average molecular weight is 284 g/mol. The lowest BCUT2D eigenvalue weighted by Crippen LogP contribution is -2.08. The average Bonchev–Trinajstić information content (AvgIpc) is 2.38. The molecule has 0 bridgehead atoms. The lowest BCUT2D eigenvalue weighted by atomic mass is 10.1. The molecule has 20 heavy (non-hydrogen) atoms. The van der Waals surface area contributed by atoms with E-state index in [-0.39, 0.29) is 11.5 Å². The Labute approximate surface area is 113 Å². The highest BCUT2D eigenvalue weighted by Gasteiger charge is 2.30. The minimum absolute atomic E-state index is 0.0157. The number of hydrogen-bond acceptors (Lipinski definition) is 2. The summed E-state index contributed by atoms with van der Waals surface area (Å²) in [6.45, 7) is 0.343. The number of rotatable bonds is 3. The predicted octanol–water partition coefficient (Wildman–Crippen LogP) is 4.04. The Kier molecular flexibility index (Phi) is 3.83. The minimum Gasteiger partial charge on any atom is -0.397 e. The molecule has 0 fully saturated rings. The number of halogens is 4. The van der Waals surface area contributed by atoms with Crippen molar-refractivity contribution in [3.8, 4) is 0 Å². The highest BCUT2D eigenvalue weighted by molar-refractivity contribution is 5.67. The van der Waals surface area contributed by atoms with Crippen LogP contribution in [0.25, 0.3) is 0 Å². The minimum atomic E-state index is -4.41. The summed E-state index contributed by atoms with van der Waals surface area (Å²) in [6, 6.07) is 8.92. The van der Waals surface area contributed by atoms with Crippen LogP contribution < -0.4 is 11.1 Å². The lowest BCUT2D eigenvalue weighted by Gasteiger charge is -2.12. The van der Waals surface area contributed by atoms with Gasteiger partial charge in [-0.2, -0.15) is 13.2 Å². The lowest BCUT2D eigenvalue weighted by molar-refractivity contribution is -0.137. The fourth-order valence-electron chi connectivity index (χ4n) is 1.70. The molecule has 0 atom stereocenters. The van der Waals surface area contributed by atoms with Crippen molar-refractivity contribution in [3.63, 3.8) is 0 Å². The zero-order valence-electron chi connectivity index (χ0n) is 10.3. The molecule has 2 nitrogen and oxygen atoms in total. The van der Waals surface area contributed by atoms with Gasteiger partial charge in [-0.05, 0) is 35.9 Å². The zero-order chi connectivity index (χ0) is 14.8. The van der Waals surface area contributed by atoms with Crippen LogP contribution in [0.4, 0.5) is 28.9 Å². The molecule has 0 saturated carbocycles. The van der Waals surface area contributed by atoms with Gasteiger partial charge in [0.25, 0.3) is 0 Å². The van der Waals surface area contributed by atoms with Gasteiger partial charge in [0, 0.05) is 6.54 Å². The third-order valence-corrected chi connectivity index (χ3v) is 2.78. The maximum absolute atomic E-state index is 12.7. The molecule has 0 unspecified atom stereocenters. The Morgan fingerprint density at radius 2 is 1.65 bits per heavy atom. The second kappa shape index (κ2) is 5.40. The van der Waals surface area contributed by atoms with E-state index in [1.165, 1.54) is 18.2 Å². The molecule has 0 heterocycles. The van der Waals surface area contributed by atoms with Crippen LogP contribution in [-0.4, -0.2) is 0 Å². The molecule has 0 radical (unpaired) electrons. The third-order valence-electron chi connectivity index (χ3n) is 2.78. The highest BCUT2D eigenvalue weighted by Crippen LogP contribution is 2.32. The Hall–Kier alpha value is -2.24. The van der Waals surface area contributed by atoms with Crippen LogP contribution in [0.3, 0.4) is 0 Å². The van der Waals surface area contributed by atoms with Crippen LogP contribution in [0, 0.1) is 5.82 Å². The van der Waals surface area contributed by atoms with Gasteiger partial charge in [0.2, 0.25) is 0 Å². The molecule has 2 aromatic rings. The Morgan fingerprint density at radius 1 is 1.00 bits per heavy atom. The summed E-state index contributed by atoms with van der Waals surface area (Å²) in [7, 11) is 0. The molecular formula is C14H12F4N2. The van der Waals surface area contributed by atoms with Crippen molar-refractivity contribution in [1.82, 2.24) is 0 Å². The van der Waals surface area contributed by atoms with Gasteiger partial charge >= 0.3 is 6.18 Å². The van der Waals surface area contributed by atoms with Gasteiger partial charge in [-0.3, -0.25) is 0 Å². The fourth-order valence-corrected chi connectivity index (χ4v) is 1.70. The van der Waals surface area contributed by atoms with Crippen molar-refractivity contribution in [2.45, 2.75) is 12.7 Å². The summed E-state index contributed by atoms with van der Waals surface area (Å²) in [5.41, 5.74) is 6.01. The first-order valence-corrected chi connectivity index (χ1v) is 5.81. The number of alkyl halides is 3.